The number of sulfonamides is 1. The monoisotopic (exact) mass is 560 g/mol. The van der Waals surface area contributed by atoms with E-state index in [1.807, 2.05) is 50.2 Å². The van der Waals surface area contributed by atoms with E-state index in [0.717, 1.165) is 29.7 Å². The summed E-state index contributed by atoms with van der Waals surface area (Å²) < 4.78 is 39.3. The molecule has 3 aromatic carbocycles. The maximum absolute atomic E-state index is 13.4. The summed E-state index contributed by atoms with van der Waals surface area (Å²) in [6.45, 7) is 5.98. The van der Waals surface area contributed by atoms with Gasteiger partial charge in [0.2, 0.25) is 5.89 Å². The lowest BCUT2D eigenvalue weighted by molar-refractivity contribution is -0.118. The molecule has 0 bridgehead atoms. The third-order valence-electron chi connectivity index (χ3n) is 6.74. The molecule has 0 unspecified atom stereocenters. The van der Waals surface area contributed by atoms with Crippen molar-refractivity contribution in [3.63, 3.8) is 0 Å². The standard InChI is InChI=1S/C30H32N4O5S/c1-20(2)30-32-28(33-39-30)18-22-10-12-24(13-11-22)31-29(35)19-38-27-15-14-25(17-21(27)3)40(36,37)34-16-6-8-23-7-4-5-9-26(23)34/h4-5,7,9-15,17,20H,6,8,16,18-19H2,1-3H3,(H,31,35). The van der Waals surface area contributed by atoms with Crippen LogP contribution in [0.3, 0.4) is 0 Å². The van der Waals surface area contributed by atoms with Gasteiger partial charge in [-0.1, -0.05) is 49.3 Å². The minimum Gasteiger partial charge on any atom is -0.483 e. The maximum atomic E-state index is 13.4. The van der Waals surface area contributed by atoms with E-state index in [4.69, 9.17) is 9.26 Å². The summed E-state index contributed by atoms with van der Waals surface area (Å²) in [5.41, 5.74) is 4.01. The average Bonchev–Trinajstić information content (AvgIpc) is 3.42. The molecular weight excluding hydrogens is 528 g/mol. The number of rotatable bonds is 9. The first-order valence-corrected chi connectivity index (χ1v) is 14.7. The summed E-state index contributed by atoms with van der Waals surface area (Å²) >= 11 is 0. The van der Waals surface area contributed by atoms with Gasteiger partial charge in [-0.2, -0.15) is 4.98 Å². The largest absolute Gasteiger partial charge is 0.483 e. The van der Waals surface area contributed by atoms with Gasteiger partial charge in [-0.3, -0.25) is 9.10 Å². The molecule has 1 N–H and O–H groups in total. The summed E-state index contributed by atoms with van der Waals surface area (Å²) in [4.78, 5) is 17.1. The Labute approximate surface area is 234 Å². The lowest BCUT2D eigenvalue weighted by atomic mass is 10.0. The Hall–Kier alpha value is -4.18. The predicted molar refractivity (Wildman–Crippen MR) is 152 cm³/mol. The van der Waals surface area contributed by atoms with Crippen LogP contribution in [-0.4, -0.2) is 37.6 Å². The number of aromatic nitrogens is 2. The molecule has 1 aromatic heterocycles. The first kappa shape index (κ1) is 27.4. The van der Waals surface area contributed by atoms with Crippen molar-refractivity contribution >= 4 is 27.3 Å². The molecule has 1 amide bonds. The molecule has 40 heavy (non-hydrogen) atoms. The molecule has 0 saturated heterocycles. The number of para-hydroxylation sites is 1. The van der Waals surface area contributed by atoms with Crippen LogP contribution in [0.15, 0.2) is 76.1 Å². The maximum Gasteiger partial charge on any atom is 0.264 e. The van der Waals surface area contributed by atoms with Gasteiger partial charge in [0, 0.05) is 24.6 Å². The first-order valence-electron chi connectivity index (χ1n) is 13.3. The van der Waals surface area contributed by atoms with Crippen molar-refractivity contribution in [2.75, 3.05) is 22.8 Å². The molecule has 1 aliphatic rings. The lowest BCUT2D eigenvalue weighted by Crippen LogP contribution is -2.35. The number of nitrogens with one attached hydrogen (secondary N) is 1. The number of aryl methyl sites for hydroxylation is 2. The van der Waals surface area contributed by atoms with Gasteiger partial charge in [0.1, 0.15) is 5.75 Å². The molecular formula is C30H32N4O5S. The number of benzene rings is 3. The van der Waals surface area contributed by atoms with Crippen LogP contribution in [0, 0.1) is 6.92 Å². The zero-order valence-electron chi connectivity index (χ0n) is 22.8. The first-order chi connectivity index (χ1) is 19.2. The second-order valence-corrected chi connectivity index (χ2v) is 12.0. The second kappa shape index (κ2) is 11.5. The van der Waals surface area contributed by atoms with E-state index in [9.17, 15) is 13.2 Å². The minimum atomic E-state index is -3.73. The van der Waals surface area contributed by atoms with Crippen molar-refractivity contribution in [3.05, 3.63) is 95.1 Å². The number of hydrogen-bond acceptors (Lipinski definition) is 7. The van der Waals surface area contributed by atoms with Crippen LogP contribution < -0.4 is 14.4 Å². The van der Waals surface area contributed by atoms with Gasteiger partial charge >= 0.3 is 0 Å². The normalized spacial score (nSPS) is 13.2. The fourth-order valence-corrected chi connectivity index (χ4v) is 6.25. The van der Waals surface area contributed by atoms with E-state index in [0.29, 0.717) is 41.7 Å². The van der Waals surface area contributed by atoms with Crippen LogP contribution in [0.1, 0.15) is 54.6 Å². The van der Waals surface area contributed by atoms with E-state index >= 15 is 0 Å². The van der Waals surface area contributed by atoms with Crippen molar-refractivity contribution in [2.45, 2.75) is 50.8 Å². The number of nitrogens with zero attached hydrogens (tertiary/aromatic N) is 3. The molecule has 10 heteroatoms. The average molecular weight is 561 g/mol. The summed E-state index contributed by atoms with van der Waals surface area (Å²) in [6.07, 6.45) is 2.16. The number of carbonyl (C=O) groups excluding carboxylic acids is 1. The van der Waals surface area contributed by atoms with E-state index in [1.54, 1.807) is 31.2 Å². The fourth-order valence-electron chi connectivity index (χ4n) is 4.62. The molecule has 1 aliphatic heterocycles. The fraction of sp³-hybridized carbons (Fsp3) is 0.300. The van der Waals surface area contributed by atoms with Crippen molar-refractivity contribution in [1.29, 1.82) is 0 Å². The van der Waals surface area contributed by atoms with Gasteiger partial charge in [0.15, 0.2) is 12.4 Å². The molecule has 2 heterocycles. The van der Waals surface area contributed by atoms with Crippen LogP contribution in [0.4, 0.5) is 11.4 Å². The van der Waals surface area contributed by atoms with Crippen LogP contribution in [0.5, 0.6) is 5.75 Å². The lowest BCUT2D eigenvalue weighted by Gasteiger charge is -2.30. The van der Waals surface area contributed by atoms with E-state index in [1.165, 1.54) is 10.4 Å². The van der Waals surface area contributed by atoms with Gasteiger partial charge < -0.3 is 14.6 Å². The van der Waals surface area contributed by atoms with Crippen LogP contribution in [-0.2, 0) is 27.7 Å². The van der Waals surface area contributed by atoms with Gasteiger partial charge in [0.25, 0.3) is 15.9 Å². The van der Waals surface area contributed by atoms with Gasteiger partial charge in [-0.15, -0.1) is 0 Å². The number of fused-ring (bicyclic) bond motifs is 1. The number of carbonyl (C=O) groups is 1. The number of anilines is 2. The molecule has 5 rings (SSSR count). The highest BCUT2D eigenvalue weighted by Gasteiger charge is 2.29. The predicted octanol–water partition coefficient (Wildman–Crippen LogP) is 5.25. The molecule has 0 radical (unpaired) electrons. The van der Waals surface area contributed by atoms with Crippen molar-refractivity contribution in [3.8, 4) is 5.75 Å². The molecule has 208 valence electrons. The highest BCUT2D eigenvalue weighted by atomic mass is 32.2. The van der Waals surface area contributed by atoms with E-state index < -0.39 is 10.0 Å². The van der Waals surface area contributed by atoms with Crippen LogP contribution in [0.25, 0.3) is 0 Å². The SMILES string of the molecule is Cc1cc(S(=O)(=O)N2CCCc3ccccc32)ccc1OCC(=O)Nc1ccc(Cc2noc(C(C)C)n2)cc1. The number of amides is 1. The van der Waals surface area contributed by atoms with E-state index in [-0.39, 0.29) is 23.3 Å². The Balaban J connectivity index is 1.18. The van der Waals surface area contributed by atoms with Crippen LogP contribution >= 0.6 is 0 Å². The Morgan fingerprint density at radius 1 is 1.10 bits per heavy atom. The highest BCUT2D eigenvalue weighted by Crippen LogP contribution is 2.33. The molecule has 9 nitrogen and oxygen atoms in total. The molecule has 0 aliphatic carbocycles. The third kappa shape index (κ3) is 6.02. The molecule has 0 atom stereocenters. The molecule has 4 aromatic rings. The van der Waals surface area contributed by atoms with Crippen LogP contribution in [0.2, 0.25) is 0 Å². The van der Waals surface area contributed by atoms with Gasteiger partial charge in [-0.05, 0) is 72.9 Å². The Bertz CT molecular complexity index is 1610. The Kier molecular flexibility index (Phi) is 7.88. The molecule has 0 fully saturated rings. The summed E-state index contributed by atoms with van der Waals surface area (Å²) in [5, 5.41) is 6.82. The zero-order valence-corrected chi connectivity index (χ0v) is 23.6. The summed E-state index contributed by atoms with van der Waals surface area (Å²) in [7, 11) is -3.73. The second-order valence-electron chi connectivity index (χ2n) is 10.2. The summed E-state index contributed by atoms with van der Waals surface area (Å²) in [5.74, 6) is 1.52. The molecule has 0 saturated carbocycles. The smallest absolute Gasteiger partial charge is 0.264 e. The number of hydrogen-bond donors (Lipinski definition) is 1. The van der Waals surface area contributed by atoms with Crippen molar-refractivity contribution < 1.29 is 22.5 Å². The van der Waals surface area contributed by atoms with Crippen molar-refractivity contribution in [1.82, 2.24) is 10.1 Å². The van der Waals surface area contributed by atoms with Crippen molar-refractivity contribution in [2.24, 2.45) is 0 Å². The molecule has 0 spiro atoms. The minimum absolute atomic E-state index is 0.175. The third-order valence-corrected chi connectivity index (χ3v) is 8.55. The highest BCUT2D eigenvalue weighted by molar-refractivity contribution is 7.92. The van der Waals surface area contributed by atoms with Gasteiger partial charge in [0.05, 0.1) is 10.6 Å². The Morgan fingerprint density at radius 3 is 2.60 bits per heavy atom. The quantitative estimate of drug-likeness (QED) is 0.297. The zero-order chi connectivity index (χ0) is 28.3. The van der Waals surface area contributed by atoms with Gasteiger partial charge in [-0.25, -0.2) is 8.42 Å². The number of ether oxygens (including phenoxy) is 1. The Morgan fingerprint density at radius 2 is 1.88 bits per heavy atom. The topological polar surface area (TPSA) is 115 Å². The van der Waals surface area contributed by atoms with E-state index in [2.05, 4.69) is 15.5 Å². The summed E-state index contributed by atoms with van der Waals surface area (Å²) in [6, 6.07) is 19.7.